The smallest absolute Gasteiger partial charge is 0.303 e. The molecule has 0 rings (SSSR count). The summed E-state index contributed by atoms with van der Waals surface area (Å²) >= 11 is 0. The van der Waals surface area contributed by atoms with Gasteiger partial charge in [0.1, 0.15) is 0 Å². The minimum Gasteiger partial charge on any atom is -0.481 e. The van der Waals surface area contributed by atoms with Crippen LogP contribution in [0.25, 0.3) is 0 Å². The van der Waals surface area contributed by atoms with Crippen molar-refractivity contribution in [3.63, 3.8) is 0 Å². The fourth-order valence-electron chi connectivity index (χ4n) is 3.08. The highest BCUT2D eigenvalue weighted by Crippen LogP contribution is 2.19. The molecule has 0 saturated carbocycles. The fraction of sp³-hybridized carbons (Fsp3) is 0.720. The normalized spacial score (nSPS) is 14.7. The van der Waals surface area contributed by atoms with Gasteiger partial charge in [-0.05, 0) is 62.7 Å². The van der Waals surface area contributed by atoms with E-state index in [9.17, 15) is 4.79 Å². The van der Waals surface area contributed by atoms with Crippen molar-refractivity contribution >= 4 is 5.97 Å². The maximum Gasteiger partial charge on any atom is 0.303 e. The lowest BCUT2D eigenvalue weighted by atomic mass is 9.94. The molecule has 2 atom stereocenters. The van der Waals surface area contributed by atoms with E-state index in [0.717, 1.165) is 37.5 Å². The Morgan fingerprint density at radius 2 is 1.33 bits per heavy atom. The molecule has 0 fully saturated rings. The molecule has 0 bridgehead atoms. The Balaban J connectivity index is 3.54. The molecule has 0 amide bonds. The number of hydrogen-bond donors (Lipinski definition) is 1. The van der Waals surface area contributed by atoms with E-state index < -0.39 is 5.97 Å². The first-order valence-electron chi connectivity index (χ1n) is 11.1. The summed E-state index contributed by atoms with van der Waals surface area (Å²) in [4.78, 5) is 10.4. The van der Waals surface area contributed by atoms with Gasteiger partial charge in [0, 0.05) is 6.42 Å². The van der Waals surface area contributed by atoms with Crippen LogP contribution in [0.4, 0.5) is 0 Å². The summed E-state index contributed by atoms with van der Waals surface area (Å²) in [5.74, 6) is 1.60. The first-order valence-corrected chi connectivity index (χ1v) is 11.1. The Labute approximate surface area is 168 Å². The van der Waals surface area contributed by atoms with Gasteiger partial charge in [0.15, 0.2) is 0 Å². The van der Waals surface area contributed by atoms with Gasteiger partial charge in [-0.15, -0.1) is 0 Å². The molecular formula is C25H44O2. The lowest BCUT2D eigenvalue weighted by molar-refractivity contribution is -0.137. The third-order valence-corrected chi connectivity index (χ3v) is 4.87. The topological polar surface area (TPSA) is 37.3 Å². The van der Waals surface area contributed by atoms with E-state index >= 15 is 0 Å². The van der Waals surface area contributed by atoms with Crippen LogP contribution in [0.3, 0.4) is 0 Å². The Kier molecular flexibility index (Phi) is 17.2. The average Bonchev–Trinajstić information content (AvgIpc) is 2.59. The maximum absolute atomic E-state index is 10.4. The minimum atomic E-state index is -0.700. The zero-order valence-electron chi connectivity index (χ0n) is 18.3. The molecule has 2 nitrogen and oxygen atoms in total. The molecule has 0 aromatic heterocycles. The zero-order chi connectivity index (χ0) is 20.3. The number of rotatable bonds is 17. The predicted molar refractivity (Wildman–Crippen MR) is 119 cm³/mol. The minimum absolute atomic E-state index is 0.274. The van der Waals surface area contributed by atoms with Gasteiger partial charge in [-0.2, -0.15) is 0 Å². The number of allylic oxidation sites excluding steroid dienone is 6. The predicted octanol–water partition coefficient (Wildman–Crippen LogP) is 7.96. The van der Waals surface area contributed by atoms with E-state index in [1.54, 1.807) is 0 Å². The van der Waals surface area contributed by atoms with Crippen LogP contribution < -0.4 is 0 Å². The molecule has 0 aliphatic heterocycles. The van der Waals surface area contributed by atoms with Crippen LogP contribution in [-0.2, 0) is 4.79 Å². The summed E-state index contributed by atoms with van der Waals surface area (Å²) in [6.45, 7) is 9.23. The molecule has 27 heavy (non-hydrogen) atoms. The molecule has 0 aromatic carbocycles. The molecule has 2 unspecified atom stereocenters. The molecule has 2 heteroatoms. The first-order chi connectivity index (χ1) is 12.9. The number of aliphatic carboxylic acids is 1. The third kappa shape index (κ3) is 20.9. The molecule has 0 radical (unpaired) electrons. The third-order valence-electron chi connectivity index (χ3n) is 4.87. The van der Waals surface area contributed by atoms with Crippen molar-refractivity contribution in [3.05, 3.63) is 36.5 Å². The molecule has 156 valence electrons. The van der Waals surface area contributed by atoms with Crippen molar-refractivity contribution in [2.45, 2.75) is 98.3 Å². The van der Waals surface area contributed by atoms with Crippen LogP contribution in [0.5, 0.6) is 0 Å². The molecule has 0 saturated heterocycles. The Hall–Kier alpha value is -1.31. The van der Waals surface area contributed by atoms with Gasteiger partial charge in [0.2, 0.25) is 0 Å². The molecule has 0 aliphatic carbocycles. The van der Waals surface area contributed by atoms with Crippen molar-refractivity contribution in [2.75, 3.05) is 0 Å². The number of carboxylic acids is 1. The van der Waals surface area contributed by atoms with Gasteiger partial charge in [0.25, 0.3) is 0 Å². The molecule has 0 aromatic rings. The van der Waals surface area contributed by atoms with Crippen LogP contribution in [0.15, 0.2) is 36.5 Å². The van der Waals surface area contributed by atoms with E-state index in [4.69, 9.17) is 5.11 Å². The van der Waals surface area contributed by atoms with Crippen LogP contribution in [0.2, 0.25) is 0 Å². The Morgan fingerprint density at radius 3 is 1.96 bits per heavy atom. The van der Waals surface area contributed by atoms with Gasteiger partial charge in [-0.3, -0.25) is 4.79 Å². The summed E-state index contributed by atoms with van der Waals surface area (Å²) in [6, 6.07) is 0. The summed E-state index contributed by atoms with van der Waals surface area (Å²) < 4.78 is 0. The van der Waals surface area contributed by atoms with Gasteiger partial charge in [0.05, 0.1) is 0 Å². The highest BCUT2D eigenvalue weighted by atomic mass is 16.4. The van der Waals surface area contributed by atoms with E-state index in [1.165, 1.54) is 38.5 Å². The molecule has 1 N–H and O–H groups in total. The summed E-state index contributed by atoms with van der Waals surface area (Å²) in [7, 11) is 0. The van der Waals surface area contributed by atoms with E-state index in [1.807, 2.05) is 0 Å². The van der Waals surface area contributed by atoms with Crippen molar-refractivity contribution in [2.24, 2.45) is 17.8 Å². The van der Waals surface area contributed by atoms with Crippen LogP contribution in [0.1, 0.15) is 98.3 Å². The monoisotopic (exact) mass is 376 g/mol. The highest BCUT2D eigenvalue weighted by Gasteiger charge is 2.04. The van der Waals surface area contributed by atoms with Crippen LogP contribution in [0, 0.1) is 17.8 Å². The van der Waals surface area contributed by atoms with Crippen molar-refractivity contribution in [1.29, 1.82) is 0 Å². The van der Waals surface area contributed by atoms with Crippen LogP contribution in [-0.4, -0.2) is 11.1 Å². The second-order valence-corrected chi connectivity index (χ2v) is 8.43. The second-order valence-electron chi connectivity index (χ2n) is 8.43. The molecule has 0 aliphatic rings. The summed E-state index contributed by atoms with van der Waals surface area (Å²) in [5.41, 5.74) is 0. The van der Waals surface area contributed by atoms with E-state index in [0.29, 0.717) is 5.92 Å². The SMILES string of the molecule is CC(C)/C=C\CC(C)CCCC(C)CC/C=C\CC/C=C\CCCC(=O)O. The lowest BCUT2D eigenvalue weighted by Gasteiger charge is -2.12. The van der Waals surface area contributed by atoms with Crippen LogP contribution >= 0.6 is 0 Å². The quantitative estimate of drug-likeness (QED) is 0.206. The second kappa shape index (κ2) is 18.1. The largest absolute Gasteiger partial charge is 0.481 e. The first kappa shape index (κ1) is 25.7. The summed E-state index contributed by atoms with van der Waals surface area (Å²) in [6.07, 6.45) is 25.4. The van der Waals surface area contributed by atoms with E-state index in [-0.39, 0.29) is 6.42 Å². The summed E-state index contributed by atoms with van der Waals surface area (Å²) in [5, 5.41) is 8.56. The average molecular weight is 377 g/mol. The number of carbonyl (C=O) groups is 1. The Bertz CT molecular complexity index is 432. The number of hydrogen-bond acceptors (Lipinski definition) is 1. The van der Waals surface area contributed by atoms with Crippen molar-refractivity contribution in [3.8, 4) is 0 Å². The van der Waals surface area contributed by atoms with Gasteiger partial charge < -0.3 is 5.11 Å². The van der Waals surface area contributed by atoms with Gasteiger partial charge in [-0.25, -0.2) is 0 Å². The Morgan fingerprint density at radius 1 is 0.741 bits per heavy atom. The maximum atomic E-state index is 10.4. The highest BCUT2D eigenvalue weighted by molar-refractivity contribution is 5.66. The van der Waals surface area contributed by atoms with E-state index in [2.05, 4.69) is 64.2 Å². The van der Waals surface area contributed by atoms with Gasteiger partial charge >= 0.3 is 5.97 Å². The zero-order valence-corrected chi connectivity index (χ0v) is 18.3. The standard InChI is InChI=1S/C25H44O2/c1-22(2)16-14-18-24(4)20-15-19-23(3)17-12-10-8-6-5-7-9-11-13-21-25(26)27/h7-10,14,16,22-24H,5-6,11-13,15,17-21H2,1-4H3,(H,26,27)/b9-7-,10-8-,16-14-. The molecular weight excluding hydrogens is 332 g/mol. The van der Waals surface area contributed by atoms with Crippen molar-refractivity contribution in [1.82, 2.24) is 0 Å². The van der Waals surface area contributed by atoms with Gasteiger partial charge in [-0.1, -0.05) is 83.4 Å². The van der Waals surface area contributed by atoms with Crippen molar-refractivity contribution < 1.29 is 9.90 Å². The lowest BCUT2D eigenvalue weighted by Crippen LogP contribution is -1.98. The number of unbranched alkanes of at least 4 members (excludes halogenated alkanes) is 2. The fourth-order valence-corrected chi connectivity index (χ4v) is 3.08. The number of carboxylic acid groups (broad SMARTS) is 1. The molecule has 0 spiro atoms. The molecule has 0 heterocycles.